The number of aromatic nitrogens is 4. The van der Waals surface area contributed by atoms with Crippen LogP contribution in [0.5, 0.6) is 5.75 Å². The maximum atomic E-state index is 12.2. The molecule has 5 rings (SSSR count). The van der Waals surface area contributed by atoms with E-state index in [0.717, 1.165) is 48.1 Å². The molecule has 1 fully saturated rings. The van der Waals surface area contributed by atoms with E-state index in [1.54, 1.807) is 6.20 Å². The first-order chi connectivity index (χ1) is 15.2. The van der Waals surface area contributed by atoms with E-state index in [4.69, 9.17) is 15.6 Å². The van der Waals surface area contributed by atoms with Crippen LogP contribution in [-0.4, -0.2) is 39.0 Å². The smallest absolute Gasteiger partial charge is 0.252 e. The Kier molecular flexibility index (Phi) is 5.13. The average molecular weight is 416 g/mol. The Bertz CT molecular complexity index is 1210. The molecule has 8 nitrogen and oxygen atoms in total. The molecule has 4 N–H and O–H groups in total. The predicted molar refractivity (Wildman–Crippen MR) is 118 cm³/mol. The molecule has 0 atom stereocenters. The molecule has 8 heteroatoms. The minimum absolute atomic E-state index is 0.239. The van der Waals surface area contributed by atoms with Gasteiger partial charge in [0.2, 0.25) is 0 Å². The van der Waals surface area contributed by atoms with E-state index in [2.05, 4.69) is 15.5 Å². The van der Waals surface area contributed by atoms with Crippen molar-refractivity contribution in [1.82, 2.24) is 25.3 Å². The van der Waals surface area contributed by atoms with Gasteiger partial charge in [0.15, 0.2) is 0 Å². The van der Waals surface area contributed by atoms with E-state index >= 15 is 0 Å². The number of nitrogens with zero attached hydrogens (tertiary/aromatic N) is 3. The zero-order chi connectivity index (χ0) is 21.2. The number of hydrogen-bond acceptors (Lipinski definition) is 5. The molecule has 2 aromatic heterocycles. The zero-order valence-electron chi connectivity index (χ0n) is 17.0. The molecule has 1 amide bonds. The lowest BCUT2D eigenvalue weighted by Gasteiger charge is -2.22. The molecular formula is C23H24N6O2. The van der Waals surface area contributed by atoms with E-state index in [1.807, 2.05) is 53.2 Å². The number of fused-ring (bicyclic) bond motifs is 1. The van der Waals surface area contributed by atoms with Crippen LogP contribution in [0.4, 0.5) is 0 Å². The highest BCUT2D eigenvalue weighted by Crippen LogP contribution is 2.32. The highest BCUT2D eigenvalue weighted by atomic mass is 16.5. The van der Waals surface area contributed by atoms with E-state index in [0.29, 0.717) is 23.6 Å². The normalized spacial score (nSPS) is 14.7. The fraction of sp³-hybridized carbons (Fsp3) is 0.261. The molecule has 0 radical (unpaired) electrons. The largest absolute Gasteiger partial charge is 0.489 e. The third kappa shape index (κ3) is 3.89. The Balaban J connectivity index is 1.49. The van der Waals surface area contributed by atoms with Gasteiger partial charge in [0.25, 0.3) is 5.91 Å². The fourth-order valence-corrected chi connectivity index (χ4v) is 4.01. The molecule has 0 unspecified atom stereocenters. The Morgan fingerprint density at radius 3 is 2.71 bits per heavy atom. The molecule has 1 saturated heterocycles. The third-order valence-corrected chi connectivity index (χ3v) is 5.69. The quantitative estimate of drug-likeness (QED) is 0.447. The van der Waals surface area contributed by atoms with Crippen LogP contribution < -0.4 is 15.8 Å². The Morgan fingerprint density at radius 2 is 1.94 bits per heavy atom. The van der Waals surface area contributed by atoms with Crippen LogP contribution in [0.3, 0.4) is 0 Å². The number of nitrogens with two attached hydrogens (primary N) is 1. The Labute approximate surface area is 179 Å². The molecule has 3 heterocycles. The number of carbonyl (C=O) groups excluding carboxylic acids is 1. The van der Waals surface area contributed by atoms with Crippen LogP contribution in [0, 0.1) is 0 Å². The second-order valence-electron chi connectivity index (χ2n) is 7.77. The van der Waals surface area contributed by atoms with Gasteiger partial charge in [0.1, 0.15) is 23.7 Å². The van der Waals surface area contributed by atoms with Gasteiger partial charge in [-0.15, -0.1) is 0 Å². The van der Waals surface area contributed by atoms with Crippen molar-refractivity contribution in [1.29, 1.82) is 0 Å². The van der Waals surface area contributed by atoms with Crippen molar-refractivity contribution in [3.63, 3.8) is 0 Å². The lowest BCUT2D eigenvalue weighted by atomic mass is 10.1. The van der Waals surface area contributed by atoms with Crippen molar-refractivity contribution in [2.24, 2.45) is 5.73 Å². The monoisotopic (exact) mass is 416 g/mol. The number of piperidine rings is 1. The number of rotatable bonds is 6. The second-order valence-corrected chi connectivity index (χ2v) is 7.77. The molecule has 1 aliphatic rings. The summed E-state index contributed by atoms with van der Waals surface area (Å²) in [6.07, 6.45) is 3.67. The SMILES string of the molecule is NC(=O)c1cn(C2CCNCC2)nc1-c1n[nH]c2ccc(OCc3ccccc3)cc12. The van der Waals surface area contributed by atoms with Crippen LogP contribution in [0.15, 0.2) is 54.7 Å². The first-order valence-corrected chi connectivity index (χ1v) is 10.4. The lowest BCUT2D eigenvalue weighted by molar-refractivity contribution is 0.100. The predicted octanol–water partition coefficient (Wildman–Crippen LogP) is 3.03. The molecule has 158 valence electrons. The number of nitrogens with one attached hydrogen (secondary N) is 2. The van der Waals surface area contributed by atoms with Crippen molar-refractivity contribution in [3.8, 4) is 17.1 Å². The Morgan fingerprint density at radius 1 is 1.13 bits per heavy atom. The van der Waals surface area contributed by atoms with Gasteiger partial charge in [0, 0.05) is 11.6 Å². The van der Waals surface area contributed by atoms with Crippen molar-refractivity contribution in [3.05, 3.63) is 65.9 Å². The average Bonchev–Trinajstić information content (AvgIpc) is 3.43. The second kappa shape index (κ2) is 8.23. The van der Waals surface area contributed by atoms with Gasteiger partial charge < -0.3 is 15.8 Å². The number of carbonyl (C=O) groups is 1. The molecule has 0 spiro atoms. The van der Waals surface area contributed by atoms with Gasteiger partial charge in [-0.1, -0.05) is 30.3 Å². The van der Waals surface area contributed by atoms with Gasteiger partial charge in [-0.2, -0.15) is 10.2 Å². The fourth-order valence-electron chi connectivity index (χ4n) is 4.01. The standard InChI is InChI=1S/C23H24N6O2/c24-23(30)19-13-29(16-8-10-25-11-9-16)28-22(19)21-18-12-17(6-7-20(18)26-27-21)31-14-15-4-2-1-3-5-15/h1-7,12-13,16,25H,8-11,14H2,(H2,24,30)(H,26,27). The molecule has 0 bridgehead atoms. The van der Waals surface area contributed by atoms with Gasteiger partial charge in [-0.05, 0) is 49.7 Å². The third-order valence-electron chi connectivity index (χ3n) is 5.69. The summed E-state index contributed by atoms with van der Waals surface area (Å²) in [7, 11) is 0. The summed E-state index contributed by atoms with van der Waals surface area (Å²) in [4.78, 5) is 12.2. The van der Waals surface area contributed by atoms with Crippen molar-refractivity contribution < 1.29 is 9.53 Å². The first kappa shape index (κ1) is 19.3. The van der Waals surface area contributed by atoms with Crippen molar-refractivity contribution in [2.75, 3.05) is 13.1 Å². The van der Waals surface area contributed by atoms with Crippen LogP contribution in [0.25, 0.3) is 22.3 Å². The van der Waals surface area contributed by atoms with E-state index in [9.17, 15) is 4.79 Å². The van der Waals surface area contributed by atoms with Crippen LogP contribution in [0.2, 0.25) is 0 Å². The molecule has 4 aromatic rings. The summed E-state index contributed by atoms with van der Waals surface area (Å²) in [5.41, 5.74) is 9.09. The van der Waals surface area contributed by atoms with Crippen LogP contribution >= 0.6 is 0 Å². The highest BCUT2D eigenvalue weighted by Gasteiger charge is 2.24. The maximum absolute atomic E-state index is 12.2. The minimum Gasteiger partial charge on any atom is -0.489 e. The van der Waals surface area contributed by atoms with Gasteiger partial charge >= 0.3 is 0 Å². The highest BCUT2D eigenvalue weighted by molar-refractivity contribution is 6.02. The number of H-pyrrole nitrogens is 1. The van der Waals surface area contributed by atoms with E-state index < -0.39 is 5.91 Å². The molecule has 0 saturated carbocycles. The number of benzene rings is 2. The molecule has 1 aliphatic heterocycles. The summed E-state index contributed by atoms with van der Waals surface area (Å²) in [6.45, 7) is 2.33. The number of hydrogen-bond donors (Lipinski definition) is 3. The summed E-state index contributed by atoms with van der Waals surface area (Å²) in [5, 5.41) is 16.4. The minimum atomic E-state index is -0.511. The number of primary amides is 1. The van der Waals surface area contributed by atoms with Crippen LogP contribution in [0.1, 0.15) is 34.8 Å². The van der Waals surface area contributed by atoms with Crippen molar-refractivity contribution >= 4 is 16.8 Å². The molecular weight excluding hydrogens is 392 g/mol. The van der Waals surface area contributed by atoms with Gasteiger partial charge in [-0.25, -0.2) is 0 Å². The molecule has 31 heavy (non-hydrogen) atoms. The number of amides is 1. The van der Waals surface area contributed by atoms with Gasteiger partial charge in [-0.3, -0.25) is 14.6 Å². The zero-order valence-corrected chi connectivity index (χ0v) is 17.0. The molecule has 0 aliphatic carbocycles. The number of ether oxygens (including phenoxy) is 1. The van der Waals surface area contributed by atoms with E-state index in [1.165, 1.54) is 0 Å². The van der Waals surface area contributed by atoms with Crippen molar-refractivity contribution in [2.45, 2.75) is 25.5 Å². The summed E-state index contributed by atoms with van der Waals surface area (Å²) >= 11 is 0. The number of aromatic amines is 1. The van der Waals surface area contributed by atoms with E-state index in [-0.39, 0.29) is 6.04 Å². The summed E-state index contributed by atoms with van der Waals surface area (Å²) < 4.78 is 7.84. The van der Waals surface area contributed by atoms with Gasteiger partial charge in [0.05, 0.1) is 17.1 Å². The summed E-state index contributed by atoms with van der Waals surface area (Å²) in [6, 6.07) is 16.0. The van der Waals surface area contributed by atoms with Crippen LogP contribution in [-0.2, 0) is 6.61 Å². The topological polar surface area (TPSA) is 111 Å². The Hall–Kier alpha value is -3.65. The maximum Gasteiger partial charge on any atom is 0.252 e. The lowest BCUT2D eigenvalue weighted by Crippen LogP contribution is -2.29. The molecule has 2 aromatic carbocycles. The first-order valence-electron chi connectivity index (χ1n) is 10.4. The summed E-state index contributed by atoms with van der Waals surface area (Å²) in [5.74, 6) is 0.209.